The van der Waals surface area contributed by atoms with Gasteiger partial charge < -0.3 is 35.5 Å². The van der Waals surface area contributed by atoms with Gasteiger partial charge in [-0.05, 0) is 19.1 Å². The molecule has 0 bridgehead atoms. The fraction of sp³-hybridized carbons (Fsp3) is 0.391. The molecule has 5 rings (SSSR count). The summed E-state index contributed by atoms with van der Waals surface area (Å²) in [6, 6.07) is 3.99. The summed E-state index contributed by atoms with van der Waals surface area (Å²) in [6.45, 7) is 7.92. The van der Waals surface area contributed by atoms with E-state index >= 15 is 0 Å². The van der Waals surface area contributed by atoms with Gasteiger partial charge in [-0.1, -0.05) is 13.8 Å². The topological polar surface area (TPSA) is 152 Å². The first-order valence-corrected chi connectivity index (χ1v) is 11.3. The molecule has 0 radical (unpaired) electrons. The molecule has 0 aliphatic carbocycles. The standard InChI is InChI=1S/C21H23N7O4.C2H6/c1-11-8-31-9-12-10-32-17-16(7-23-6-15(22)21(29)30)26-19(27-20(17)28(11)12)14-3-5-25-18-13(14)2-4-24-18;1-2/h2-6,11-12,23H,7-10,22H2,1H3,(H,24,25)(H,29,30);1-2H3/b15-6-;/t11-,12+;/m1./s1. The summed E-state index contributed by atoms with van der Waals surface area (Å²) >= 11 is 0. The summed E-state index contributed by atoms with van der Waals surface area (Å²) in [5.74, 6) is 0.615. The van der Waals surface area contributed by atoms with Gasteiger partial charge in [0.15, 0.2) is 17.4 Å². The quantitative estimate of drug-likeness (QED) is 0.410. The van der Waals surface area contributed by atoms with Crippen LogP contribution in [0.3, 0.4) is 0 Å². The Morgan fingerprint density at radius 2 is 2.15 bits per heavy atom. The number of nitrogens with zero attached hydrogens (tertiary/aromatic N) is 4. The third-order valence-electron chi connectivity index (χ3n) is 5.60. The number of rotatable bonds is 5. The molecule has 2 atom stereocenters. The second kappa shape index (κ2) is 9.96. The number of hydrogen-bond acceptors (Lipinski definition) is 9. The molecule has 11 heteroatoms. The van der Waals surface area contributed by atoms with E-state index in [1.165, 1.54) is 6.20 Å². The van der Waals surface area contributed by atoms with Crippen molar-refractivity contribution in [1.82, 2.24) is 25.3 Å². The van der Waals surface area contributed by atoms with E-state index in [1.807, 2.05) is 32.2 Å². The van der Waals surface area contributed by atoms with E-state index in [1.54, 1.807) is 6.20 Å². The fourth-order valence-corrected chi connectivity index (χ4v) is 4.11. The molecule has 5 N–H and O–H groups in total. The van der Waals surface area contributed by atoms with Gasteiger partial charge >= 0.3 is 5.97 Å². The lowest BCUT2D eigenvalue weighted by atomic mass is 10.1. The van der Waals surface area contributed by atoms with Crippen molar-refractivity contribution in [2.24, 2.45) is 5.73 Å². The largest absolute Gasteiger partial charge is 0.486 e. The zero-order valence-corrected chi connectivity index (χ0v) is 19.4. The molecule has 180 valence electrons. The smallest absolute Gasteiger partial charge is 0.353 e. The number of ether oxygens (including phenoxy) is 2. The molecule has 34 heavy (non-hydrogen) atoms. The van der Waals surface area contributed by atoms with Crippen LogP contribution in [0.5, 0.6) is 5.75 Å². The number of anilines is 1. The monoisotopic (exact) mass is 467 g/mol. The Bertz CT molecular complexity index is 1210. The van der Waals surface area contributed by atoms with E-state index in [9.17, 15) is 4.79 Å². The third-order valence-corrected chi connectivity index (χ3v) is 5.60. The molecule has 2 aliphatic heterocycles. The summed E-state index contributed by atoms with van der Waals surface area (Å²) in [5.41, 5.74) is 7.40. The molecular formula is C23H29N7O4. The molecule has 3 aromatic heterocycles. The molecule has 1 saturated heterocycles. The van der Waals surface area contributed by atoms with Crippen LogP contribution in [0.2, 0.25) is 0 Å². The minimum Gasteiger partial charge on any atom is -0.486 e. The summed E-state index contributed by atoms with van der Waals surface area (Å²) < 4.78 is 11.8. The van der Waals surface area contributed by atoms with Gasteiger partial charge in [0.25, 0.3) is 0 Å². The van der Waals surface area contributed by atoms with Gasteiger partial charge in [-0.3, -0.25) is 0 Å². The van der Waals surface area contributed by atoms with E-state index in [2.05, 4.69) is 27.1 Å². The highest BCUT2D eigenvalue weighted by atomic mass is 16.5. The van der Waals surface area contributed by atoms with Gasteiger partial charge in [0.05, 0.1) is 31.8 Å². The molecule has 0 aromatic carbocycles. The number of aromatic nitrogens is 4. The minimum absolute atomic E-state index is 0.0575. The number of aliphatic carboxylic acids is 1. The second-order valence-electron chi connectivity index (χ2n) is 7.79. The maximum absolute atomic E-state index is 11.0. The summed E-state index contributed by atoms with van der Waals surface area (Å²) in [6.07, 6.45) is 4.78. The Morgan fingerprint density at radius 3 is 2.94 bits per heavy atom. The highest BCUT2D eigenvalue weighted by Gasteiger charge is 2.37. The van der Waals surface area contributed by atoms with Crippen LogP contribution in [0.4, 0.5) is 5.82 Å². The molecule has 5 heterocycles. The van der Waals surface area contributed by atoms with Crippen LogP contribution in [0.15, 0.2) is 36.4 Å². The number of morpholine rings is 1. The lowest BCUT2D eigenvalue weighted by Crippen LogP contribution is -2.56. The number of aromatic amines is 1. The van der Waals surface area contributed by atoms with E-state index < -0.39 is 5.97 Å². The van der Waals surface area contributed by atoms with Crippen molar-refractivity contribution in [3.8, 4) is 17.1 Å². The Balaban J connectivity index is 0.00000133. The fourth-order valence-electron chi connectivity index (χ4n) is 4.11. The number of pyridine rings is 1. The molecule has 1 fully saturated rings. The van der Waals surface area contributed by atoms with Gasteiger partial charge in [-0.25, -0.2) is 19.7 Å². The SMILES string of the molecule is CC.C[C@@H]1COC[C@H]2COc3c(CN/C=C(\N)C(=O)O)nc(-c4ccnc5[nH]ccc45)nc3N21. The van der Waals surface area contributed by atoms with Gasteiger partial charge in [-0.15, -0.1) is 0 Å². The molecular weight excluding hydrogens is 438 g/mol. The van der Waals surface area contributed by atoms with Crippen LogP contribution in [0.25, 0.3) is 22.4 Å². The third kappa shape index (κ3) is 4.34. The Morgan fingerprint density at radius 1 is 1.32 bits per heavy atom. The van der Waals surface area contributed by atoms with Gasteiger partial charge in [0.1, 0.15) is 23.6 Å². The average Bonchev–Trinajstić information content (AvgIpc) is 3.34. The summed E-state index contributed by atoms with van der Waals surface area (Å²) in [5, 5.41) is 12.8. The highest BCUT2D eigenvalue weighted by Crippen LogP contribution is 2.39. The first kappa shape index (κ1) is 23.3. The van der Waals surface area contributed by atoms with Crippen LogP contribution < -0.4 is 20.7 Å². The van der Waals surface area contributed by atoms with Crippen molar-refractivity contribution in [2.75, 3.05) is 24.7 Å². The van der Waals surface area contributed by atoms with E-state index in [4.69, 9.17) is 30.3 Å². The van der Waals surface area contributed by atoms with Gasteiger partial charge in [-0.2, -0.15) is 0 Å². The van der Waals surface area contributed by atoms with Crippen molar-refractivity contribution >= 4 is 22.8 Å². The Kier molecular flexibility index (Phi) is 6.82. The maximum atomic E-state index is 11.0. The zero-order chi connectivity index (χ0) is 24.2. The number of nitrogens with one attached hydrogen (secondary N) is 2. The van der Waals surface area contributed by atoms with Crippen LogP contribution in [-0.4, -0.2) is 62.9 Å². The second-order valence-corrected chi connectivity index (χ2v) is 7.79. The molecule has 0 saturated carbocycles. The van der Waals surface area contributed by atoms with Crippen molar-refractivity contribution < 1.29 is 19.4 Å². The van der Waals surface area contributed by atoms with Crippen molar-refractivity contribution in [3.05, 3.63) is 42.1 Å². The highest BCUT2D eigenvalue weighted by molar-refractivity contribution is 5.91. The number of nitrogens with two attached hydrogens (primary N) is 1. The van der Waals surface area contributed by atoms with Gasteiger partial charge in [0, 0.05) is 29.5 Å². The predicted molar refractivity (Wildman–Crippen MR) is 127 cm³/mol. The number of hydrogen-bond donors (Lipinski definition) is 4. The molecule has 11 nitrogen and oxygen atoms in total. The first-order valence-electron chi connectivity index (χ1n) is 11.3. The molecule has 2 aliphatic rings. The number of fused-ring (bicyclic) bond motifs is 4. The number of carboxylic acid groups (broad SMARTS) is 1. The van der Waals surface area contributed by atoms with Crippen molar-refractivity contribution in [2.45, 2.75) is 39.4 Å². The first-order chi connectivity index (χ1) is 16.5. The Labute approximate surface area is 197 Å². The Hall–Kier alpha value is -3.86. The minimum atomic E-state index is -1.20. The molecule has 0 spiro atoms. The molecule has 3 aromatic rings. The molecule has 0 unspecified atom stereocenters. The summed E-state index contributed by atoms with van der Waals surface area (Å²) in [4.78, 5) is 30.4. The van der Waals surface area contributed by atoms with E-state index in [-0.39, 0.29) is 24.3 Å². The molecule has 0 amide bonds. The summed E-state index contributed by atoms with van der Waals surface area (Å²) in [7, 11) is 0. The van der Waals surface area contributed by atoms with Crippen LogP contribution in [0, 0.1) is 0 Å². The van der Waals surface area contributed by atoms with Crippen LogP contribution in [0.1, 0.15) is 26.5 Å². The van der Waals surface area contributed by atoms with Gasteiger partial charge in [0.2, 0.25) is 0 Å². The van der Waals surface area contributed by atoms with Crippen LogP contribution in [-0.2, 0) is 16.1 Å². The number of carbonyl (C=O) groups is 1. The normalized spacial score (nSPS) is 19.4. The van der Waals surface area contributed by atoms with Crippen molar-refractivity contribution in [3.63, 3.8) is 0 Å². The lowest BCUT2D eigenvalue weighted by molar-refractivity contribution is -0.132. The zero-order valence-electron chi connectivity index (χ0n) is 19.4. The van der Waals surface area contributed by atoms with E-state index in [0.29, 0.717) is 42.9 Å². The lowest BCUT2D eigenvalue weighted by Gasteiger charge is -2.44. The average molecular weight is 468 g/mol. The number of H-pyrrole nitrogens is 1. The predicted octanol–water partition coefficient (Wildman–Crippen LogP) is 2.01. The number of carboxylic acids is 1. The van der Waals surface area contributed by atoms with E-state index in [0.717, 1.165) is 16.6 Å². The van der Waals surface area contributed by atoms with Crippen LogP contribution >= 0.6 is 0 Å². The van der Waals surface area contributed by atoms with Crippen molar-refractivity contribution in [1.29, 1.82) is 0 Å². The maximum Gasteiger partial charge on any atom is 0.353 e.